The average Bonchev–Trinajstić information content (AvgIpc) is 3.79. The third-order valence-electron chi connectivity index (χ3n) is 11.0. The van der Waals surface area contributed by atoms with Gasteiger partial charge in [0.15, 0.2) is 0 Å². The number of para-hydroxylation sites is 1. The molecular weight excluding hydrogens is 673 g/mol. The van der Waals surface area contributed by atoms with Gasteiger partial charge in [0.2, 0.25) is 0 Å². The molecule has 2 aromatic heterocycles. The van der Waals surface area contributed by atoms with Crippen molar-refractivity contribution in [1.82, 2.24) is 0 Å². The molecule has 0 spiro atoms. The molecule has 0 bridgehead atoms. The van der Waals surface area contributed by atoms with Crippen LogP contribution in [-0.2, 0) is 5.41 Å². The van der Waals surface area contributed by atoms with Gasteiger partial charge < -0.3 is 0 Å². The molecule has 10 aromatic rings. The quantitative estimate of drug-likeness (QED) is 0.134. The van der Waals surface area contributed by atoms with Crippen LogP contribution in [0, 0.1) is 0 Å². The average molecular weight is 705 g/mol. The van der Waals surface area contributed by atoms with E-state index < -0.39 is 0 Å². The van der Waals surface area contributed by atoms with Gasteiger partial charge in [-0.3, -0.25) is 0 Å². The van der Waals surface area contributed by atoms with Gasteiger partial charge >= 0.3 is 279 Å². The molecule has 1 aliphatic rings. The predicted molar refractivity (Wildman–Crippen MR) is 213 cm³/mol. The van der Waals surface area contributed by atoms with Crippen LogP contribution in [0.2, 0.25) is 0 Å². The molecule has 236 valence electrons. The fraction of sp³-hybridized carbons (Fsp3) is 0.0638. The van der Waals surface area contributed by atoms with Crippen LogP contribution in [0.25, 0.3) is 73.9 Å². The summed E-state index contributed by atoms with van der Waals surface area (Å²) in [6, 6.07) is 56.2. The number of fused-ring (bicyclic) bond motifs is 13. The summed E-state index contributed by atoms with van der Waals surface area (Å²) < 4.78 is 9.25. The number of furan rings is 1. The van der Waals surface area contributed by atoms with Gasteiger partial charge in [0, 0.05) is 0 Å². The van der Waals surface area contributed by atoms with E-state index in [2.05, 4.69) is 164 Å². The van der Waals surface area contributed by atoms with Gasteiger partial charge in [-0.25, -0.2) is 0 Å². The molecule has 0 radical (unpaired) electrons. The van der Waals surface area contributed by atoms with Crippen molar-refractivity contribution in [2.24, 2.45) is 0 Å². The van der Waals surface area contributed by atoms with E-state index >= 15 is 0 Å². The second kappa shape index (κ2) is 10.2. The minimum atomic E-state index is -0.102. The first-order chi connectivity index (χ1) is 24.5. The van der Waals surface area contributed by atoms with E-state index in [0.29, 0.717) is 0 Å². The fourth-order valence-corrected chi connectivity index (χ4v) is 11.2. The van der Waals surface area contributed by atoms with Crippen molar-refractivity contribution in [3.05, 3.63) is 163 Å². The summed E-state index contributed by atoms with van der Waals surface area (Å²) in [5, 5.41) is 10.3. The van der Waals surface area contributed by atoms with Crippen LogP contribution in [0.3, 0.4) is 0 Å². The minimum absolute atomic E-state index is 0.102. The van der Waals surface area contributed by atoms with Gasteiger partial charge in [0.05, 0.1) is 0 Å². The Balaban J connectivity index is 1.19. The predicted octanol–water partition coefficient (Wildman–Crippen LogP) is 13.0. The number of hydrogen-bond donors (Lipinski definition) is 0. The third-order valence-corrected chi connectivity index (χ3v) is 13.6. The Bertz CT molecular complexity index is 3030. The molecule has 0 saturated heterocycles. The second-order valence-electron chi connectivity index (χ2n) is 14.1. The number of benzene rings is 8. The van der Waals surface area contributed by atoms with E-state index in [1.54, 1.807) is 0 Å². The summed E-state index contributed by atoms with van der Waals surface area (Å²) in [4.78, 5) is 2.45. The number of anilines is 3. The number of hydrogen-bond acceptors (Lipinski definition) is 2. The van der Waals surface area contributed by atoms with Crippen LogP contribution < -0.4 is 4.90 Å². The molecule has 0 fully saturated rings. The summed E-state index contributed by atoms with van der Waals surface area (Å²) in [7, 11) is 0. The Morgan fingerprint density at radius 1 is 0.480 bits per heavy atom. The second-order valence-corrected chi connectivity index (χ2v) is 16.3. The molecule has 2 nitrogen and oxygen atoms in total. The summed E-state index contributed by atoms with van der Waals surface area (Å²) in [6.07, 6.45) is 0. The van der Waals surface area contributed by atoms with Crippen LogP contribution >= 0.6 is 0 Å². The SMILES string of the molecule is CC1(C)c2ccccc2-c2ccc(N(c3ccc4oc5ccccc5c4c3)c3ccc4ccc5ccc6c7ccccc7[se]c6c5c4c3)cc21. The first-order valence-corrected chi connectivity index (χ1v) is 19.0. The Hall–Kier alpha value is -5.60. The monoisotopic (exact) mass is 705 g/mol. The number of nitrogens with zero attached hydrogens (tertiary/aromatic N) is 1. The van der Waals surface area contributed by atoms with E-state index in [0.717, 1.165) is 39.0 Å². The Kier molecular flexibility index (Phi) is 5.77. The van der Waals surface area contributed by atoms with E-state index in [1.165, 1.54) is 63.1 Å². The zero-order valence-electron chi connectivity index (χ0n) is 27.7. The summed E-state index contributed by atoms with van der Waals surface area (Å²) in [6.45, 7) is 4.72. The zero-order chi connectivity index (χ0) is 33.1. The topological polar surface area (TPSA) is 16.4 Å². The van der Waals surface area contributed by atoms with E-state index in [4.69, 9.17) is 4.42 Å². The van der Waals surface area contributed by atoms with Crippen molar-refractivity contribution in [2.45, 2.75) is 19.3 Å². The molecule has 1 aliphatic carbocycles. The molecular formula is C47H31NOSe. The van der Waals surface area contributed by atoms with Crippen LogP contribution in [0.1, 0.15) is 25.0 Å². The molecule has 50 heavy (non-hydrogen) atoms. The summed E-state index contributed by atoms with van der Waals surface area (Å²) in [5.74, 6) is 0. The molecule has 11 rings (SSSR count). The van der Waals surface area contributed by atoms with Crippen LogP contribution in [-0.4, -0.2) is 14.5 Å². The van der Waals surface area contributed by atoms with Crippen molar-refractivity contribution in [2.75, 3.05) is 4.90 Å². The van der Waals surface area contributed by atoms with Crippen molar-refractivity contribution >= 4 is 94.3 Å². The molecule has 8 aromatic carbocycles. The van der Waals surface area contributed by atoms with E-state index in [1.807, 2.05) is 6.07 Å². The van der Waals surface area contributed by atoms with Gasteiger partial charge in [0.1, 0.15) is 0 Å². The van der Waals surface area contributed by atoms with Gasteiger partial charge in [-0.05, 0) is 0 Å². The van der Waals surface area contributed by atoms with Gasteiger partial charge in [0.25, 0.3) is 0 Å². The normalized spacial score (nSPS) is 13.6. The van der Waals surface area contributed by atoms with E-state index in [9.17, 15) is 0 Å². The van der Waals surface area contributed by atoms with Gasteiger partial charge in [-0.2, -0.15) is 0 Å². The molecule has 0 aliphatic heterocycles. The number of rotatable bonds is 3. The van der Waals surface area contributed by atoms with E-state index in [-0.39, 0.29) is 19.9 Å². The molecule has 0 N–H and O–H groups in total. The maximum atomic E-state index is 6.28. The first-order valence-electron chi connectivity index (χ1n) is 17.3. The maximum absolute atomic E-state index is 6.28. The van der Waals surface area contributed by atoms with Crippen molar-refractivity contribution in [3.8, 4) is 11.1 Å². The van der Waals surface area contributed by atoms with Crippen LogP contribution in [0.5, 0.6) is 0 Å². The molecule has 0 unspecified atom stereocenters. The van der Waals surface area contributed by atoms with Gasteiger partial charge in [-0.1, -0.05) is 18.2 Å². The van der Waals surface area contributed by atoms with Crippen LogP contribution in [0.4, 0.5) is 17.1 Å². The molecule has 0 atom stereocenters. The Labute approximate surface area is 295 Å². The van der Waals surface area contributed by atoms with Crippen LogP contribution in [0.15, 0.2) is 156 Å². The summed E-state index contributed by atoms with van der Waals surface area (Å²) >= 11 is 0.253. The zero-order valence-corrected chi connectivity index (χ0v) is 29.4. The van der Waals surface area contributed by atoms with Gasteiger partial charge in [-0.15, -0.1) is 0 Å². The van der Waals surface area contributed by atoms with Crippen molar-refractivity contribution < 1.29 is 4.42 Å². The standard InChI is InChI=1S/C47H31NOSe/c1-47(2)40-12-6-3-9-33(40)34-23-20-32(27-41(34)47)48(31-21-24-43-39(26-31)35-10-4-7-13-42(35)49-43)30-19-17-28-15-16-29-18-22-37-36-11-5-8-14-44(36)50-46(37)45(29)38(28)25-30/h3-27H,1-2H3. The Morgan fingerprint density at radius 2 is 1.12 bits per heavy atom. The van der Waals surface area contributed by atoms with Crippen molar-refractivity contribution in [3.63, 3.8) is 0 Å². The third kappa shape index (κ3) is 3.91. The molecule has 0 amide bonds. The summed E-state index contributed by atoms with van der Waals surface area (Å²) in [5.41, 5.74) is 10.5. The first kappa shape index (κ1) is 28.3. The Morgan fingerprint density at radius 3 is 2.04 bits per heavy atom. The van der Waals surface area contributed by atoms with Crippen molar-refractivity contribution in [1.29, 1.82) is 0 Å². The molecule has 3 heteroatoms. The molecule has 2 heterocycles. The fourth-order valence-electron chi connectivity index (χ4n) is 8.58. The molecule has 0 saturated carbocycles.